The summed E-state index contributed by atoms with van der Waals surface area (Å²) in [7, 11) is 0. The number of hydrogen-bond acceptors (Lipinski definition) is 3. The average Bonchev–Trinajstić information content (AvgIpc) is 3.30. The Morgan fingerprint density at radius 3 is 2.63 bits per heavy atom. The van der Waals surface area contributed by atoms with Crippen molar-refractivity contribution in [2.24, 2.45) is 11.8 Å². The summed E-state index contributed by atoms with van der Waals surface area (Å²) in [5, 5.41) is 6.45. The molecule has 0 radical (unpaired) electrons. The van der Waals surface area contributed by atoms with Gasteiger partial charge in [0.25, 0.3) is 5.91 Å². The monoisotopic (exact) mass is 259 g/mol. The molecular weight excluding hydrogens is 238 g/mol. The van der Waals surface area contributed by atoms with Gasteiger partial charge in [-0.2, -0.15) is 0 Å². The first-order valence-corrected chi connectivity index (χ1v) is 7.28. The maximum absolute atomic E-state index is 12.4. The number of carbonyl (C=O) groups is 1. The Kier molecular flexibility index (Phi) is 3.40. The van der Waals surface area contributed by atoms with Gasteiger partial charge < -0.3 is 10.6 Å². The maximum atomic E-state index is 12.4. The highest BCUT2D eigenvalue weighted by Gasteiger charge is 2.42. The normalized spacial score (nSPS) is 18.4. The zero-order chi connectivity index (χ0) is 13.2. The van der Waals surface area contributed by atoms with E-state index in [1.807, 2.05) is 6.92 Å². The number of nitrogens with one attached hydrogen (secondary N) is 2. The standard InChI is InChI=1S/C15H21N3O/c1-2-17-13-9-16-8-7-12(13)15(19)18-14(10-3-4-10)11-5-6-11/h7-11,14,17H,2-6H2,1H3,(H,18,19). The molecule has 4 nitrogen and oxygen atoms in total. The highest BCUT2D eigenvalue weighted by Crippen LogP contribution is 2.44. The van der Waals surface area contributed by atoms with Gasteiger partial charge in [0.2, 0.25) is 0 Å². The molecule has 1 heterocycles. The van der Waals surface area contributed by atoms with E-state index in [1.165, 1.54) is 25.7 Å². The van der Waals surface area contributed by atoms with E-state index in [1.54, 1.807) is 18.5 Å². The van der Waals surface area contributed by atoms with Crippen LogP contribution in [0.25, 0.3) is 0 Å². The van der Waals surface area contributed by atoms with E-state index in [2.05, 4.69) is 15.6 Å². The van der Waals surface area contributed by atoms with E-state index in [0.29, 0.717) is 11.6 Å². The summed E-state index contributed by atoms with van der Waals surface area (Å²) >= 11 is 0. The van der Waals surface area contributed by atoms with Crippen molar-refractivity contribution in [2.45, 2.75) is 38.6 Å². The van der Waals surface area contributed by atoms with Crippen LogP contribution in [0.2, 0.25) is 0 Å². The molecule has 2 N–H and O–H groups in total. The fraction of sp³-hybridized carbons (Fsp3) is 0.600. The largest absolute Gasteiger partial charge is 0.383 e. The first-order valence-electron chi connectivity index (χ1n) is 7.28. The molecule has 19 heavy (non-hydrogen) atoms. The lowest BCUT2D eigenvalue weighted by atomic mass is 10.1. The van der Waals surface area contributed by atoms with Gasteiger partial charge in [-0.05, 0) is 50.5 Å². The predicted octanol–water partition coefficient (Wildman–Crippen LogP) is 2.43. The zero-order valence-electron chi connectivity index (χ0n) is 11.4. The van der Waals surface area contributed by atoms with Gasteiger partial charge in [0.05, 0.1) is 17.4 Å². The van der Waals surface area contributed by atoms with Gasteiger partial charge in [-0.15, -0.1) is 0 Å². The van der Waals surface area contributed by atoms with Crippen LogP contribution in [0.4, 0.5) is 5.69 Å². The molecule has 0 aliphatic heterocycles. The van der Waals surface area contributed by atoms with Crippen molar-refractivity contribution in [1.82, 2.24) is 10.3 Å². The number of rotatable bonds is 6. The summed E-state index contributed by atoms with van der Waals surface area (Å²) < 4.78 is 0. The van der Waals surface area contributed by atoms with Crippen molar-refractivity contribution in [2.75, 3.05) is 11.9 Å². The summed E-state index contributed by atoms with van der Waals surface area (Å²) in [6, 6.07) is 2.19. The molecular formula is C15H21N3O. The Morgan fingerprint density at radius 1 is 1.37 bits per heavy atom. The summed E-state index contributed by atoms with van der Waals surface area (Å²) in [6.07, 6.45) is 8.51. The Hall–Kier alpha value is -1.58. The van der Waals surface area contributed by atoms with Gasteiger partial charge in [0.15, 0.2) is 0 Å². The van der Waals surface area contributed by atoms with Crippen LogP contribution >= 0.6 is 0 Å². The second-order valence-corrected chi connectivity index (χ2v) is 5.63. The van der Waals surface area contributed by atoms with E-state index < -0.39 is 0 Å². The minimum Gasteiger partial charge on any atom is -0.383 e. The molecule has 0 unspecified atom stereocenters. The third-order valence-electron chi connectivity index (χ3n) is 3.99. The Balaban J connectivity index is 1.72. The van der Waals surface area contributed by atoms with E-state index in [9.17, 15) is 4.79 Å². The lowest BCUT2D eigenvalue weighted by molar-refractivity contribution is 0.0927. The lowest BCUT2D eigenvalue weighted by Crippen LogP contribution is -2.38. The topological polar surface area (TPSA) is 54.0 Å². The third kappa shape index (κ3) is 2.88. The molecule has 102 valence electrons. The van der Waals surface area contributed by atoms with Crippen LogP contribution in [0.3, 0.4) is 0 Å². The fourth-order valence-electron chi connectivity index (χ4n) is 2.68. The molecule has 0 saturated heterocycles. The SMILES string of the molecule is CCNc1cnccc1C(=O)NC(C1CC1)C1CC1. The number of hydrogen-bond donors (Lipinski definition) is 2. The lowest BCUT2D eigenvalue weighted by Gasteiger charge is -2.18. The molecule has 0 spiro atoms. The molecule has 0 atom stereocenters. The minimum absolute atomic E-state index is 0.0437. The van der Waals surface area contributed by atoms with E-state index in [4.69, 9.17) is 0 Å². The Labute approximate surface area is 114 Å². The number of pyridine rings is 1. The second kappa shape index (κ2) is 5.19. The van der Waals surface area contributed by atoms with E-state index >= 15 is 0 Å². The van der Waals surface area contributed by atoms with Crippen molar-refractivity contribution in [3.8, 4) is 0 Å². The first kappa shape index (κ1) is 12.5. The highest BCUT2D eigenvalue weighted by atomic mass is 16.1. The molecule has 2 saturated carbocycles. The van der Waals surface area contributed by atoms with Crippen molar-refractivity contribution in [1.29, 1.82) is 0 Å². The Bertz CT molecular complexity index is 454. The van der Waals surface area contributed by atoms with E-state index in [0.717, 1.165) is 24.1 Å². The van der Waals surface area contributed by atoms with Gasteiger partial charge >= 0.3 is 0 Å². The molecule has 1 amide bonds. The minimum atomic E-state index is 0.0437. The Morgan fingerprint density at radius 2 is 2.05 bits per heavy atom. The summed E-state index contributed by atoms with van der Waals surface area (Å²) in [5.74, 6) is 1.49. The molecule has 1 aromatic rings. The molecule has 1 aromatic heterocycles. The smallest absolute Gasteiger partial charge is 0.253 e. The number of aromatic nitrogens is 1. The molecule has 4 heteroatoms. The number of anilines is 1. The molecule has 2 aliphatic rings. The molecule has 0 aromatic carbocycles. The zero-order valence-corrected chi connectivity index (χ0v) is 11.4. The number of amides is 1. The average molecular weight is 259 g/mol. The van der Waals surface area contributed by atoms with Crippen LogP contribution in [0.1, 0.15) is 43.0 Å². The maximum Gasteiger partial charge on any atom is 0.253 e. The van der Waals surface area contributed by atoms with Gasteiger partial charge in [0, 0.05) is 18.8 Å². The van der Waals surface area contributed by atoms with Crippen LogP contribution < -0.4 is 10.6 Å². The number of nitrogens with zero attached hydrogens (tertiary/aromatic N) is 1. The van der Waals surface area contributed by atoms with Gasteiger partial charge in [-0.3, -0.25) is 9.78 Å². The van der Waals surface area contributed by atoms with Gasteiger partial charge in [0.1, 0.15) is 0 Å². The van der Waals surface area contributed by atoms with Crippen molar-refractivity contribution < 1.29 is 4.79 Å². The molecule has 2 fully saturated rings. The van der Waals surface area contributed by atoms with Crippen LogP contribution in [-0.4, -0.2) is 23.5 Å². The van der Waals surface area contributed by atoms with Crippen LogP contribution in [-0.2, 0) is 0 Å². The van der Waals surface area contributed by atoms with Crippen LogP contribution in [0.5, 0.6) is 0 Å². The number of carbonyl (C=O) groups excluding carboxylic acids is 1. The van der Waals surface area contributed by atoms with Crippen LogP contribution in [0, 0.1) is 11.8 Å². The summed E-state index contributed by atoms with van der Waals surface area (Å²) in [6.45, 7) is 2.81. The van der Waals surface area contributed by atoms with Gasteiger partial charge in [-0.1, -0.05) is 0 Å². The molecule has 2 aliphatic carbocycles. The second-order valence-electron chi connectivity index (χ2n) is 5.63. The summed E-state index contributed by atoms with van der Waals surface area (Å²) in [4.78, 5) is 16.5. The molecule has 0 bridgehead atoms. The third-order valence-corrected chi connectivity index (χ3v) is 3.99. The highest BCUT2D eigenvalue weighted by molar-refractivity contribution is 5.99. The fourth-order valence-corrected chi connectivity index (χ4v) is 2.68. The predicted molar refractivity (Wildman–Crippen MR) is 75.1 cm³/mol. The van der Waals surface area contributed by atoms with E-state index in [-0.39, 0.29) is 5.91 Å². The quantitative estimate of drug-likeness (QED) is 0.825. The van der Waals surface area contributed by atoms with Crippen molar-refractivity contribution in [3.63, 3.8) is 0 Å². The first-order chi connectivity index (χ1) is 9.29. The summed E-state index contributed by atoms with van der Waals surface area (Å²) in [5.41, 5.74) is 1.54. The molecule has 3 rings (SSSR count). The van der Waals surface area contributed by atoms with Crippen LogP contribution in [0.15, 0.2) is 18.5 Å². The van der Waals surface area contributed by atoms with Crippen molar-refractivity contribution >= 4 is 11.6 Å². The van der Waals surface area contributed by atoms with Gasteiger partial charge in [-0.25, -0.2) is 0 Å². The van der Waals surface area contributed by atoms with Crippen molar-refractivity contribution in [3.05, 3.63) is 24.0 Å².